The first-order valence-corrected chi connectivity index (χ1v) is 9.27. The number of ether oxygens (including phenoxy) is 1. The predicted molar refractivity (Wildman–Crippen MR) is 99.6 cm³/mol. The van der Waals surface area contributed by atoms with E-state index in [1.807, 2.05) is 29.6 Å². The van der Waals surface area contributed by atoms with Gasteiger partial charge in [-0.3, -0.25) is 0 Å². The molecule has 1 aliphatic carbocycles. The van der Waals surface area contributed by atoms with Crippen LogP contribution in [0.5, 0.6) is 5.75 Å². The summed E-state index contributed by atoms with van der Waals surface area (Å²) in [4.78, 5) is 17.2. The first-order valence-electron chi connectivity index (χ1n) is 8.39. The second kappa shape index (κ2) is 7.74. The summed E-state index contributed by atoms with van der Waals surface area (Å²) in [6.45, 7) is 0. The molecule has 1 saturated carbocycles. The molecule has 25 heavy (non-hydrogen) atoms. The third kappa shape index (κ3) is 4.22. The molecule has 1 aromatic carbocycles. The topological polar surface area (TPSA) is 74.7 Å². The maximum Gasteiger partial charge on any atom is 0.407 e. The number of carbonyl (C=O) groups is 1. The molecule has 1 amide bonds. The van der Waals surface area contributed by atoms with E-state index in [0.717, 1.165) is 47.8 Å². The molecule has 1 aliphatic rings. The van der Waals surface area contributed by atoms with Crippen LogP contribution in [-0.2, 0) is 0 Å². The highest BCUT2D eigenvalue weighted by molar-refractivity contribution is 7.14. The number of amides is 1. The van der Waals surface area contributed by atoms with Crippen LogP contribution in [0.3, 0.4) is 0 Å². The van der Waals surface area contributed by atoms with E-state index in [1.54, 1.807) is 25.5 Å². The van der Waals surface area contributed by atoms with Crippen LogP contribution in [0.15, 0.2) is 29.6 Å². The van der Waals surface area contributed by atoms with Gasteiger partial charge in [-0.05, 0) is 37.8 Å². The average molecular weight is 361 g/mol. The maximum atomic E-state index is 11.0. The van der Waals surface area contributed by atoms with Crippen LogP contribution in [0, 0.1) is 0 Å². The quantitative estimate of drug-likeness (QED) is 0.837. The van der Waals surface area contributed by atoms with E-state index >= 15 is 0 Å². The molecule has 1 fully saturated rings. The molecule has 0 unspecified atom stereocenters. The zero-order valence-electron chi connectivity index (χ0n) is 14.4. The smallest absolute Gasteiger partial charge is 0.407 e. The molecule has 1 aromatic heterocycles. The third-order valence-electron chi connectivity index (χ3n) is 4.74. The number of aromatic nitrogens is 1. The molecule has 0 radical (unpaired) electrons. The van der Waals surface area contributed by atoms with E-state index in [2.05, 4.69) is 10.3 Å². The molecule has 2 aromatic rings. The number of carboxylic acid groups (broad SMARTS) is 1. The standard InChI is InChI=1S/C18H23N3O3S/c1-21(18(22)23)14-8-6-13(7-9-14)19-17-20-16(11-25-17)12-4-3-5-15(10-12)24-2/h3-5,10-11,13-14H,6-9H2,1-2H3,(H,19,20)(H,22,23). The fraction of sp³-hybridized carbons (Fsp3) is 0.444. The van der Waals surface area contributed by atoms with Crippen molar-refractivity contribution in [3.8, 4) is 17.0 Å². The minimum absolute atomic E-state index is 0.124. The lowest BCUT2D eigenvalue weighted by Crippen LogP contribution is -2.40. The first kappa shape index (κ1) is 17.5. The van der Waals surface area contributed by atoms with Crippen LogP contribution in [0.2, 0.25) is 0 Å². The van der Waals surface area contributed by atoms with Gasteiger partial charge < -0.3 is 20.1 Å². The number of hydrogen-bond acceptors (Lipinski definition) is 5. The summed E-state index contributed by atoms with van der Waals surface area (Å²) >= 11 is 1.60. The summed E-state index contributed by atoms with van der Waals surface area (Å²) in [7, 11) is 3.31. The highest BCUT2D eigenvalue weighted by Gasteiger charge is 2.26. The Morgan fingerprint density at radius 2 is 2.12 bits per heavy atom. The van der Waals surface area contributed by atoms with Gasteiger partial charge in [-0.15, -0.1) is 11.3 Å². The molecule has 6 nitrogen and oxygen atoms in total. The first-order chi connectivity index (χ1) is 12.1. The molecular weight excluding hydrogens is 338 g/mol. The summed E-state index contributed by atoms with van der Waals surface area (Å²) in [6.07, 6.45) is 2.83. The van der Waals surface area contributed by atoms with Gasteiger partial charge in [-0.25, -0.2) is 9.78 Å². The lowest BCUT2D eigenvalue weighted by Gasteiger charge is -2.33. The van der Waals surface area contributed by atoms with Gasteiger partial charge >= 0.3 is 6.09 Å². The monoisotopic (exact) mass is 361 g/mol. The van der Waals surface area contributed by atoms with Crippen LogP contribution in [0.1, 0.15) is 25.7 Å². The number of anilines is 1. The second-order valence-corrected chi connectivity index (χ2v) is 7.17. The highest BCUT2D eigenvalue weighted by Crippen LogP contribution is 2.30. The van der Waals surface area contributed by atoms with Gasteiger partial charge in [0.2, 0.25) is 0 Å². The van der Waals surface area contributed by atoms with Crippen molar-refractivity contribution in [2.24, 2.45) is 0 Å². The summed E-state index contributed by atoms with van der Waals surface area (Å²) in [5, 5.41) is 15.5. The largest absolute Gasteiger partial charge is 0.497 e. The molecular formula is C18H23N3O3S. The maximum absolute atomic E-state index is 11.0. The number of thiazole rings is 1. The Labute approximate surface area is 151 Å². The van der Waals surface area contributed by atoms with Gasteiger partial charge in [0.25, 0.3) is 0 Å². The lowest BCUT2D eigenvalue weighted by atomic mass is 9.90. The lowest BCUT2D eigenvalue weighted by molar-refractivity contribution is 0.125. The molecule has 0 saturated heterocycles. The van der Waals surface area contributed by atoms with Gasteiger partial charge in [-0.2, -0.15) is 0 Å². The van der Waals surface area contributed by atoms with Crippen LogP contribution >= 0.6 is 11.3 Å². The van der Waals surface area contributed by atoms with E-state index in [9.17, 15) is 4.79 Å². The summed E-state index contributed by atoms with van der Waals surface area (Å²) in [5.74, 6) is 0.820. The number of nitrogens with one attached hydrogen (secondary N) is 1. The van der Waals surface area contributed by atoms with Crippen molar-refractivity contribution in [2.75, 3.05) is 19.5 Å². The van der Waals surface area contributed by atoms with Gasteiger partial charge in [-0.1, -0.05) is 12.1 Å². The summed E-state index contributed by atoms with van der Waals surface area (Å²) in [5.41, 5.74) is 1.97. The number of benzene rings is 1. The summed E-state index contributed by atoms with van der Waals surface area (Å²) < 4.78 is 5.27. The van der Waals surface area contributed by atoms with Gasteiger partial charge in [0.1, 0.15) is 5.75 Å². The Morgan fingerprint density at radius 3 is 2.80 bits per heavy atom. The zero-order valence-corrected chi connectivity index (χ0v) is 15.3. The zero-order chi connectivity index (χ0) is 17.8. The van der Waals surface area contributed by atoms with Gasteiger partial charge in [0, 0.05) is 30.1 Å². The Balaban J connectivity index is 1.58. The van der Waals surface area contributed by atoms with Crippen molar-refractivity contribution in [2.45, 2.75) is 37.8 Å². The minimum Gasteiger partial charge on any atom is -0.497 e. The van der Waals surface area contributed by atoms with Crippen molar-refractivity contribution in [1.82, 2.24) is 9.88 Å². The Bertz CT molecular complexity index is 726. The molecule has 3 rings (SSSR count). The number of methoxy groups -OCH3 is 1. The van der Waals surface area contributed by atoms with Crippen LogP contribution in [0.4, 0.5) is 9.93 Å². The normalized spacial score (nSPS) is 20.1. The van der Waals surface area contributed by atoms with Crippen LogP contribution in [-0.4, -0.2) is 47.3 Å². The molecule has 7 heteroatoms. The molecule has 134 valence electrons. The van der Waals surface area contributed by atoms with E-state index in [-0.39, 0.29) is 6.04 Å². The predicted octanol–water partition coefficient (Wildman–Crippen LogP) is 4.15. The van der Waals surface area contributed by atoms with E-state index < -0.39 is 6.09 Å². The molecule has 1 heterocycles. The van der Waals surface area contributed by atoms with Crippen molar-refractivity contribution >= 4 is 22.6 Å². The SMILES string of the molecule is COc1cccc(-c2csc(NC3CCC(N(C)C(=O)O)CC3)n2)c1. The second-order valence-electron chi connectivity index (χ2n) is 6.31. The fourth-order valence-corrected chi connectivity index (χ4v) is 3.99. The van der Waals surface area contributed by atoms with Crippen molar-refractivity contribution < 1.29 is 14.6 Å². The van der Waals surface area contributed by atoms with Crippen LogP contribution in [0.25, 0.3) is 11.3 Å². The minimum atomic E-state index is -0.848. The van der Waals surface area contributed by atoms with Crippen LogP contribution < -0.4 is 10.1 Å². The average Bonchev–Trinajstić information content (AvgIpc) is 3.10. The Kier molecular flexibility index (Phi) is 5.43. The van der Waals surface area contributed by atoms with E-state index in [4.69, 9.17) is 9.84 Å². The summed E-state index contributed by atoms with van der Waals surface area (Å²) in [6, 6.07) is 8.35. The Hall–Kier alpha value is -2.28. The van der Waals surface area contributed by atoms with Crippen molar-refractivity contribution in [1.29, 1.82) is 0 Å². The molecule has 0 aliphatic heterocycles. The Morgan fingerprint density at radius 1 is 1.36 bits per heavy atom. The number of hydrogen-bond donors (Lipinski definition) is 2. The highest BCUT2D eigenvalue weighted by atomic mass is 32.1. The third-order valence-corrected chi connectivity index (χ3v) is 5.52. The number of nitrogens with zero attached hydrogens (tertiary/aromatic N) is 2. The van der Waals surface area contributed by atoms with Crippen molar-refractivity contribution in [3.63, 3.8) is 0 Å². The molecule has 0 bridgehead atoms. The van der Waals surface area contributed by atoms with E-state index in [0.29, 0.717) is 6.04 Å². The molecule has 2 N–H and O–H groups in total. The number of rotatable bonds is 5. The van der Waals surface area contributed by atoms with E-state index in [1.165, 1.54) is 4.90 Å². The fourth-order valence-electron chi connectivity index (χ4n) is 3.19. The van der Waals surface area contributed by atoms with Gasteiger partial charge in [0.05, 0.1) is 12.8 Å². The molecule has 0 spiro atoms. The van der Waals surface area contributed by atoms with Crippen molar-refractivity contribution in [3.05, 3.63) is 29.6 Å². The molecule has 0 atom stereocenters. The van der Waals surface area contributed by atoms with Gasteiger partial charge in [0.15, 0.2) is 5.13 Å².